The van der Waals surface area contributed by atoms with E-state index in [0.29, 0.717) is 17.3 Å². The van der Waals surface area contributed by atoms with Gasteiger partial charge in [0.15, 0.2) is 5.82 Å². The van der Waals surface area contributed by atoms with E-state index in [4.69, 9.17) is 5.84 Å². The fraction of sp³-hybridized carbons (Fsp3) is 0.571. The second kappa shape index (κ2) is 7.04. The minimum atomic E-state index is -0.134. The number of hydrogen-bond acceptors (Lipinski definition) is 4. The number of nitrogens with two attached hydrogens (primary N) is 1. The molecule has 1 aromatic heterocycles. The molecule has 1 aromatic rings. The number of rotatable bonds is 4. The quantitative estimate of drug-likeness (QED) is 0.581. The molecule has 1 heterocycles. The summed E-state index contributed by atoms with van der Waals surface area (Å²) in [5.41, 5.74) is 2.92. The molecule has 0 spiro atoms. The van der Waals surface area contributed by atoms with Crippen LogP contribution in [-0.4, -0.2) is 17.4 Å². The van der Waals surface area contributed by atoms with Gasteiger partial charge in [-0.15, -0.1) is 0 Å². The summed E-state index contributed by atoms with van der Waals surface area (Å²) in [7, 11) is 0. The van der Waals surface area contributed by atoms with E-state index in [1.807, 2.05) is 0 Å². The topological polar surface area (TPSA) is 80.0 Å². The lowest BCUT2D eigenvalue weighted by Crippen LogP contribution is -2.32. The molecule has 0 saturated heterocycles. The molecule has 6 heteroatoms. The molecule has 110 valence electrons. The minimum Gasteiger partial charge on any atom is -0.352 e. The standard InChI is InChI=1S/C14H21BrN4O/c1-9-3-2-4-10(5-9)7-18-14(20)12-6-11(15)8-17-13(12)19-16/h6,8-10H,2-5,7,16H2,1H3,(H,17,19)(H,18,20). The van der Waals surface area contributed by atoms with Crippen LogP contribution in [0.5, 0.6) is 0 Å². The molecule has 1 saturated carbocycles. The van der Waals surface area contributed by atoms with Gasteiger partial charge < -0.3 is 10.7 Å². The van der Waals surface area contributed by atoms with Crippen LogP contribution < -0.4 is 16.6 Å². The molecule has 2 atom stereocenters. The first-order valence-electron chi connectivity index (χ1n) is 7.00. The van der Waals surface area contributed by atoms with Crippen LogP contribution in [0, 0.1) is 11.8 Å². The van der Waals surface area contributed by atoms with Crippen LogP contribution in [0.3, 0.4) is 0 Å². The van der Waals surface area contributed by atoms with Gasteiger partial charge in [0.05, 0.1) is 5.56 Å². The lowest BCUT2D eigenvalue weighted by molar-refractivity contribution is 0.0941. The average molecular weight is 341 g/mol. The highest BCUT2D eigenvalue weighted by molar-refractivity contribution is 9.10. The van der Waals surface area contributed by atoms with Crippen LogP contribution in [0.25, 0.3) is 0 Å². The van der Waals surface area contributed by atoms with E-state index in [0.717, 1.165) is 16.9 Å². The van der Waals surface area contributed by atoms with Crippen LogP contribution >= 0.6 is 15.9 Å². The van der Waals surface area contributed by atoms with Crippen molar-refractivity contribution in [1.29, 1.82) is 0 Å². The monoisotopic (exact) mass is 340 g/mol. The fourth-order valence-corrected chi connectivity index (χ4v) is 3.14. The number of carbonyl (C=O) groups excluding carboxylic acids is 1. The van der Waals surface area contributed by atoms with E-state index < -0.39 is 0 Å². The van der Waals surface area contributed by atoms with Crippen molar-refractivity contribution >= 4 is 27.7 Å². The van der Waals surface area contributed by atoms with Crippen molar-refractivity contribution in [3.05, 3.63) is 22.3 Å². The van der Waals surface area contributed by atoms with Crippen molar-refractivity contribution in [3.8, 4) is 0 Å². The number of nitrogen functional groups attached to an aromatic ring is 1. The summed E-state index contributed by atoms with van der Waals surface area (Å²) < 4.78 is 0.757. The smallest absolute Gasteiger partial charge is 0.255 e. The third-order valence-corrected chi connectivity index (χ3v) is 4.27. The van der Waals surface area contributed by atoms with Crippen LogP contribution in [0.1, 0.15) is 43.0 Å². The highest BCUT2D eigenvalue weighted by Crippen LogP contribution is 2.28. The number of nitrogens with one attached hydrogen (secondary N) is 2. The van der Waals surface area contributed by atoms with E-state index in [2.05, 4.69) is 38.6 Å². The fourth-order valence-electron chi connectivity index (χ4n) is 2.80. The summed E-state index contributed by atoms with van der Waals surface area (Å²) >= 11 is 3.32. The first-order chi connectivity index (χ1) is 9.60. The van der Waals surface area contributed by atoms with Crippen LogP contribution in [0.2, 0.25) is 0 Å². The third-order valence-electron chi connectivity index (χ3n) is 3.83. The molecule has 2 rings (SSSR count). The number of anilines is 1. The number of pyridine rings is 1. The van der Waals surface area contributed by atoms with Crippen molar-refractivity contribution in [2.75, 3.05) is 12.0 Å². The summed E-state index contributed by atoms with van der Waals surface area (Å²) in [4.78, 5) is 16.3. The average Bonchev–Trinajstić information content (AvgIpc) is 2.45. The Morgan fingerprint density at radius 1 is 1.55 bits per heavy atom. The zero-order chi connectivity index (χ0) is 14.5. The van der Waals surface area contributed by atoms with Gasteiger partial charge in [-0.25, -0.2) is 10.8 Å². The molecule has 5 nitrogen and oxygen atoms in total. The zero-order valence-corrected chi connectivity index (χ0v) is 13.2. The summed E-state index contributed by atoms with van der Waals surface area (Å²) in [6.07, 6.45) is 6.56. The number of amides is 1. The predicted octanol–water partition coefficient (Wildman–Crippen LogP) is 2.69. The second-order valence-electron chi connectivity index (χ2n) is 5.54. The van der Waals surface area contributed by atoms with Gasteiger partial charge in [0.25, 0.3) is 5.91 Å². The maximum Gasteiger partial charge on any atom is 0.255 e. The van der Waals surface area contributed by atoms with Gasteiger partial charge in [0.1, 0.15) is 0 Å². The number of halogens is 1. The maximum absolute atomic E-state index is 12.2. The molecule has 1 aliphatic carbocycles. The molecule has 4 N–H and O–H groups in total. The SMILES string of the molecule is CC1CCCC(CNC(=O)c2cc(Br)cnc2NN)C1. The second-order valence-corrected chi connectivity index (χ2v) is 6.46. The molecule has 0 radical (unpaired) electrons. The molecular formula is C14H21BrN4O. The molecule has 1 fully saturated rings. The summed E-state index contributed by atoms with van der Waals surface area (Å²) in [6, 6.07) is 1.72. The Morgan fingerprint density at radius 3 is 3.05 bits per heavy atom. The van der Waals surface area contributed by atoms with Gasteiger partial charge in [-0.3, -0.25) is 4.79 Å². The van der Waals surface area contributed by atoms with Crippen LogP contribution in [-0.2, 0) is 0 Å². The van der Waals surface area contributed by atoms with Gasteiger partial charge in [-0.1, -0.05) is 19.8 Å². The van der Waals surface area contributed by atoms with Crippen molar-refractivity contribution in [2.45, 2.75) is 32.6 Å². The number of aromatic nitrogens is 1. The third kappa shape index (κ3) is 3.93. The molecule has 20 heavy (non-hydrogen) atoms. The van der Waals surface area contributed by atoms with E-state index in [-0.39, 0.29) is 5.91 Å². The minimum absolute atomic E-state index is 0.134. The Bertz CT molecular complexity index is 480. The lowest BCUT2D eigenvalue weighted by Gasteiger charge is -2.26. The van der Waals surface area contributed by atoms with Crippen molar-refractivity contribution in [2.24, 2.45) is 17.7 Å². The molecule has 0 aromatic carbocycles. The number of nitrogens with zero attached hydrogens (tertiary/aromatic N) is 1. The van der Waals surface area contributed by atoms with Crippen molar-refractivity contribution < 1.29 is 4.79 Å². The van der Waals surface area contributed by atoms with Crippen LogP contribution in [0.4, 0.5) is 5.82 Å². The van der Waals surface area contributed by atoms with E-state index in [1.165, 1.54) is 25.7 Å². The largest absolute Gasteiger partial charge is 0.352 e. The summed E-state index contributed by atoms with van der Waals surface area (Å²) in [6.45, 7) is 3.00. The highest BCUT2D eigenvalue weighted by atomic mass is 79.9. The first kappa shape index (κ1) is 15.3. The van der Waals surface area contributed by atoms with E-state index >= 15 is 0 Å². The Hall–Kier alpha value is -1.14. The van der Waals surface area contributed by atoms with Gasteiger partial charge >= 0.3 is 0 Å². The molecule has 0 bridgehead atoms. The predicted molar refractivity (Wildman–Crippen MR) is 83.2 cm³/mol. The van der Waals surface area contributed by atoms with Gasteiger partial charge in [0, 0.05) is 17.2 Å². The normalized spacial score (nSPS) is 22.4. The van der Waals surface area contributed by atoms with Crippen molar-refractivity contribution in [3.63, 3.8) is 0 Å². The first-order valence-corrected chi connectivity index (χ1v) is 7.79. The van der Waals surface area contributed by atoms with Gasteiger partial charge in [-0.2, -0.15) is 0 Å². The highest BCUT2D eigenvalue weighted by Gasteiger charge is 2.20. The molecular weight excluding hydrogens is 320 g/mol. The summed E-state index contributed by atoms with van der Waals surface area (Å²) in [5.74, 6) is 6.99. The molecule has 0 aliphatic heterocycles. The van der Waals surface area contributed by atoms with Gasteiger partial charge in [-0.05, 0) is 46.7 Å². The Balaban J connectivity index is 1.96. The Labute approximate surface area is 127 Å². The maximum atomic E-state index is 12.2. The molecule has 2 unspecified atom stereocenters. The lowest BCUT2D eigenvalue weighted by atomic mass is 9.82. The Kier molecular flexibility index (Phi) is 5.37. The Morgan fingerprint density at radius 2 is 2.35 bits per heavy atom. The number of carbonyl (C=O) groups is 1. The summed E-state index contributed by atoms with van der Waals surface area (Å²) in [5, 5.41) is 3.00. The van der Waals surface area contributed by atoms with E-state index in [9.17, 15) is 4.79 Å². The van der Waals surface area contributed by atoms with Gasteiger partial charge in [0.2, 0.25) is 0 Å². The number of hydrogen-bond donors (Lipinski definition) is 3. The van der Waals surface area contributed by atoms with Crippen molar-refractivity contribution in [1.82, 2.24) is 10.3 Å². The number of hydrazine groups is 1. The molecule has 1 amide bonds. The zero-order valence-electron chi connectivity index (χ0n) is 11.7. The molecule has 1 aliphatic rings. The van der Waals surface area contributed by atoms with Crippen LogP contribution in [0.15, 0.2) is 16.7 Å². The van der Waals surface area contributed by atoms with E-state index in [1.54, 1.807) is 12.3 Å².